The molecule has 0 atom stereocenters. The Balaban J connectivity index is 1.47. The summed E-state index contributed by atoms with van der Waals surface area (Å²) in [5.74, 6) is 1.59. The maximum Gasteiger partial charge on any atom is 0.244 e. The first kappa shape index (κ1) is 20.2. The van der Waals surface area contributed by atoms with Crippen LogP contribution in [0.25, 0.3) is 0 Å². The highest BCUT2D eigenvalue weighted by atomic mass is 32.2. The Hall–Kier alpha value is -2.09. The quantitative estimate of drug-likeness (QED) is 0.823. The molecule has 0 aromatic heterocycles. The minimum absolute atomic E-state index is 0.277. The number of hydrogen-bond acceptors (Lipinski definition) is 4. The number of quaternary nitrogens is 1. The van der Waals surface area contributed by atoms with E-state index in [-0.39, 0.29) is 6.79 Å². The second-order valence-electron chi connectivity index (χ2n) is 8.11. The van der Waals surface area contributed by atoms with Gasteiger partial charge in [0.1, 0.15) is 6.54 Å². The zero-order valence-corrected chi connectivity index (χ0v) is 18.4. The van der Waals surface area contributed by atoms with E-state index in [2.05, 4.69) is 12.1 Å². The van der Waals surface area contributed by atoms with Crippen molar-refractivity contribution in [2.75, 3.05) is 33.0 Å². The summed E-state index contributed by atoms with van der Waals surface area (Å²) in [6.45, 7) is 11.6. The molecule has 1 N–H and O–H groups in total. The highest BCUT2D eigenvalue weighted by molar-refractivity contribution is 7.89. The average molecular weight is 418 g/mol. The molecule has 7 heteroatoms. The van der Waals surface area contributed by atoms with Crippen LogP contribution in [-0.2, 0) is 16.6 Å². The molecule has 2 aromatic carbocycles. The number of hydrogen-bond donors (Lipinski definition) is 1. The molecular weight excluding hydrogens is 388 g/mol. The zero-order chi connectivity index (χ0) is 20.8. The van der Waals surface area contributed by atoms with Crippen LogP contribution in [0.3, 0.4) is 0 Å². The molecular formula is C22H29N2O4S+. The molecule has 2 aliphatic rings. The normalized spacial score (nSPS) is 17.7. The first-order chi connectivity index (χ1) is 13.8. The number of rotatable bonds is 4. The Labute approximate surface area is 173 Å². The standard InChI is InChI=1S/C22H28N2O4S/c1-15-11-16(2)18(4)22(17(15)3)29(25,26)24-9-7-23(8-10-24)13-19-5-6-20-21(12-19)28-14-27-20/h5-6,11-12H,7-10,13-14H2,1-4H3/p+1. The molecule has 2 aromatic rings. The molecule has 0 saturated carbocycles. The number of nitrogens with zero attached hydrogens (tertiary/aromatic N) is 1. The lowest BCUT2D eigenvalue weighted by Crippen LogP contribution is -3.13. The van der Waals surface area contributed by atoms with Crippen molar-refractivity contribution in [1.29, 1.82) is 0 Å². The van der Waals surface area contributed by atoms with Gasteiger partial charge in [-0.25, -0.2) is 8.42 Å². The lowest BCUT2D eigenvalue weighted by Gasteiger charge is -2.32. The Morgan fingerprint density at radius 1 is 0.931 bits per heavy atom. The predicted octanol–water partition coefficient (Wildman–Crippen LogP) is 1.74. The van der Waals surface area contributed by atoms with Crippen LogP contribution in [0.15, 0.2) is 29.2 Å². The van der Waals surface area contributed by atoms with Crippen LogP contribution in [0.2, 0.25) is 0 Å². The summed E-state index contributed by atoms with van der Waals surface area (Å²) in [6, 6.07) is 8.10. The van der Waals surface area contributed by atoms with Crippen LogP contribution in [-0.4, -0.2) is 45.7 Å². The van der Waals surface area contributed by atoms with Crippen molar-refractivity contribution in [2.24, 2.45) is 0 Å². The van der Waals surface area contributed by atoms with Crippen LogP contribution in [0.1, 0.15) is 27.8 Å². The molecule has 0 amide bonds. The van der Waals surface area contributed by atoms with Crippen molar-refractivity contribution in [3.63, 3.8) is 0 Å². The molecule has 0 radical (unpaired) electrons. The predicted molar refractivity (Wildman–Crippen MR) is 111 cm³/mol. The highest BCUT2D eigenvalue weighted by Gasteiger charge is 2.33. The Kier molecular flexibility index (Phi) is 5.31. The largest absolute Gasteiger partial charge is 0.454 e. The van der Waals surface area contributed by atoms with E-state index < -0.39 is 10.0 Å². The summed E-state index contributed by atoms with van der Waals surface area (Å²) >= 11 is 0. The third kappa shape index (κ3) is 3.74. The molecule has 0 unspecified atom stereocenters. The lowest BCUT2D eigenvalue weighted by molar-refractivity contribution is -0.917. The van der Waals surface area contributed by atoms with Gasteiger partial charge in [0.05, 0.1) is 31.1 Å². The molecule has 4 rings (SSSR count). The Bertz CT molecular complexity index is 1020. The van der Waals surface area contributed by atoms with E-state index in [1.807, 2.05) is 39.8 Å². The third-order valence-corrected chi connectivity index (χ3v) is 8.39. The number of nitrogens with one attached hydrogen (secondary N) is 1. The molecule has 0 aliphatic carbocycles. The summed E-state index contributed by atoms with van der Waals surface area (Å²) < 4.78 is 39.3. The number of fused-ring (bicyclic) bond motifs is 1. The van der Waals surface area contributed by atoms with Crippen molar-refractivity contribution < 1.29 is 22.8 Å². The first-order valence-electron chi connectivity index (χ1n) is 10.1. The van der Waals surface area contributed by atoms with Gasteiger partial charge in [-0.2, -0.15) is 4.31 Å². The first-order valence-corrected chi connectivity index (χ1v) is 11.5. The van der Waals surface area contributed by atoms with Crippen LogP contribution >= 0.6 is 0 Å². The van der Waals surface area contributed by atoms with E-state index in [0.29, 0.717) is 18.0 Å². The van der Waals surface area contributed by atoms with Crippen LogP contribution < -0.4 is 14.4 Å². The van der Waals surface area contributed by atoms with Gasteiger partial charge in [0.15, 0.2) is 11.5 Å². The second-order valence-corrected chi connectivity index (χ2v) is 9.98. The number of benzene rings is 2. The molecule has 29 heavy (non-hydrogen) atoms. The van der Waals surface area contributed by atoms with E-state index in [1.165, 1.54) is 10.5 Å². The topological polar surface area (TPSA) is 60.3 Å². The van der Waals surface area contributed by atoms with Gasteiger partial charge in [0.2, 0.25) is 16.8 Å². The molecule has 156 valence electrons. The fraction of sp³-hybridized carbons (Fsp3) is 0.455. The zero-order valence-electron chi connectivity index (χ0n) is 17.5. The summed E-state index contributed by atoms with van der Waals surface area (Å²) in [6.07, 6.45) is 0. The monoisotopic (exact) mass is 417 g/mol. The summed E-state index contributed by atoms with van der Waals surface area (Å²) in [4.78, 5) is 1.87. The van der Waals surface area contributed by atoms with Crippen molar-refractivity contribution in [2.45, 2.75) is 39.1 Å². The van der Waals surface area contributed by atoms with E-state index >= 15 is 0 Å². The Morgan fingerprint density at radius 3 is 2.21 bits per heavy atom. The Morgan fingerprint density at radius 2 is 1.55 bits per heavy atom. The highest BCUT2D eigenvalue weighted by Crippen LogP contribution is 2.32. The molecule has 6 nitrogen and oxygen atoms in total. The van der Waals surface area contributed by atoms with Gasteiger partial charge in [-0.15, -0.1) is 0 Å². The SMILES string of the molecule is Cc1cc(C)c(C)c(S(=O)(=O)N2CC[NH+](Cc3ccc4c(c3)OCO4)CC2)c1C. The molecule has 1 saturated heterocycles. The molecule has 2 aliphatic heterocycles. The van der Waals surface area contributed by atoms with Crippen molar-refractivity contribution in [3.05, 3.63) is 52.1 Å². The molecule has 1 fully saturated rings. The van der Waals surface area contributed by atoms with Gasteiger partial charge in [-0.05, 0) is 68.1 Å². The van der Waals surface area contributed by atoms with Gasteiger partial charge in [-0.3, -0.25) is 0 Å². The van der Waals surface area contributed by atoms with Crippen LogP contribution in [0, 0.1) is 27.7 Å². The van der Waals surface area contributed by atoms with Crippen LogP contribution in [0.4, 0.5) is 0 Å². The van der Waals surface area contributed by atoms with Gasteiger partial charge in [-0.1, -0.05) is 6.07 Å². The molecule has 2 heterocycles. The van der Waals surface area contributed by atoms with Gasteiger partial charge in [0.25, 0.3) is 0 Å². The second kappa shape index (κ2) is 7.63. The van der Waals surface area contributed by atoms with Crippen molar-refractivity contribution in [3.8, 4) is 11.5 Å². The minimum Gasteiger partial charge on any atom is -0.454 e. The summed E-state index contributed by atoms with van der Waals surface area (Å²) in [5.41, 5.74) is 4.96. The number of sulfonamides is 1. The molecule has 0 bridgehead atoms. The minimum atomic E-state index is -3.49. The average Bonchev–Trinajstić information content (AvgIpc) is 3.15. The van der Waals surface area contributed by atoms with E-state index in [4.69, 9.17) is 9.47 Å². The number of piperazine rings is 1. The van der Waals surface area contributed by atoms with Crippen LogP contribution in [0.5, 0.6) is 11.5 Å². The lowest BCUT2D eigenvalue weighted by atomic mass is 10.0. The number of ether oxygens (including phenoxy) is 2. The van der Waals surface area contributed by atoms with Gasteiger partial charge < -0.3 is 14.4 Å². The van der Waals surface area contributed by atoms with E-state index in [9.17, 15) is 8.42 Å². The molecule has 0 spiro atoms. The van der Waals surface area contributed by atoms with Gasteiger partial charge >= 0.3 is 0 Å². The van der Waals surface area contributed by atoms with E-state index in [1.54, 1.807) is 4.31 Å². The van der Waals surface area contributed by atoms with E-state index in [0.717, 1.165) is 53.4 Å². The maximum absolute atomic E-state index is 13.4. The summed E-state index contributed by atoms with van der Waals surface area (Å²) in [5, 5.41) is 0. The fourth-order valence-corrected chi connectivity index (χ4v) is 6.27. The fourth-order valence-electron chi connectivity index (χ4n) is 4.26. The number of aryl methyl sites for hydroxylation is 2. The summed E-state index contributed by atoms with van der Waals surface area (Å²) in [7, 11) is -3.49. The van der Waals surface area contributed by atoms with Gasteiger partial charge in [0, 0.05) is 5.56 Å². The maximum atomic E-state index is 13.4. The third-order valence-electron chi connectivity index (χ3n) is 6.22. The van der Waals surface area contributed by atoms with Crippen molar-refractivity contribution in [1.82, 2.24) is 4.31 Å². The van der Waals surface area contributed by atoms with Crippen molar-refractivity contribution >= 4 is 10.0 Å². The smallest absolute Gasteiger partial charge is 0.244 e.